The smallest absolute Gasteiger partial charge is 0.251 e. The highest BCUT2D eigenvalue weighted by Crippen LogP contribution is 2.42. The minimum Gasteiger partial charge on any atom is -0.393 e. The summed E-state index contributed by atoms with van der Waals surface area (Å²) in [6.45, 7) is 2.85. The first-order valence-electron chi connectivity index (χ1n) is 8.04. The zero-order valence-electron chi connectivity index (χ0n) is 11.8. The number of nitrogens with zero attached hydrogens (tertiary/aromatic N) is 2. The van der Waals surface area contributed by atoms with Crippen LogP contribution in [-0.2, 0) is 4.79 Å². The second-order valence-electron chi connectivity index (χ2n) is 7.15. The van der Waals surface area contributed by atoms with Crippen LogP contribution in [0.2, 0.25) is 0 Å². The Morgan fingerprint density at radius 2 is 1.75 bits per heavy atom. The first kappa shape index (κ1) is 13.0. The molecule has 6 atom stereocenters. The summed E-state index contributed by atoms with van der Waals surface area (Å²) in [6, 6.07) is 0.776. The lowest BCUT2D eigenvalue weighted by molar-refractivity contribution is -0.161. The predicted octanol–water partition coefficient (Wildman–Crippen LogP) is -0.187. The highest BCUT2D eigenvalue weighted by atomic mass is 16.3. The van der Waals surface area contributed by atoms with Gasteiger partial charge in [-0.3, -0.25) is 9.69 Å². The van der Waals surface area contributed by atoms with E-state index in [0.717, 1.165) is 38.9 Å². The second kappa shape index (κ2) is 4.68. The van der Waals surface area contributed by atoms with Gasteiger partial charge in [-0.1, -0.05) is 0 Å². The summed E-state index contributed by atoms with van der Waals surface area (Å²) in [7, 11) is 0. The third kappa shape index (κ3) is 1.90. The summed E-state index contributed by atoms with van der Waals surface area (Å²) in [5.74, 6) is 0.992. The molecule has 112 valence electrons. The van der Waals surface area contributed by atoms with E-state index in [1.165, 1.54) is 6.42 Å². The number of carbonyl (C=O) groups excluding carboxylic acids is 1. The molecular formula is C15H24N2O3. The second-order valence-corrected chi connectivity index (χ2v) is 7.15. The van der Waals surface area contributed by atoms with Crippen LogP contribution in [0.25, 0.3) is 0 Å². The predicted molar refractivity (Wildman–Crippen MR) is 72.9 cm³/mol. The van der Waals surface area contributed by atoms with Gasteiger partial charge in [-0.2, -0.15) is 0 Å². The van der Waals surface area contributed by atoms with E-state index in [0.29, 0.717) is 30.3 Å². The number of aliphatic hydroxyl groups excluding tert-OH is 2. The van der Waals surface area contributed by atoms with E-state index in [2.05, 4.69) is 4.90 Å². The van der Waals surface area contributed by atoms with E-state index in [1.807, 2.05) is 4.90 Å². The van der Waals surface area contributed by atoms with Gasteiger partial charge in [0, 0.05) is 31.7 Å². The summed E-state index contributed by atoms with van der Waals surface area (Å²) in [6.07, 6.45) is 3.56. The van der Waals surface area contributed by atoms with Crippen LogP contribution in [0, 0.1) is 11.8 Å². The largest absolute Gasteiger partial charge is 0.393 e. The van der Waals surface area contributed by atoms with E-state index in [4.69, 9.17) is 0 Å². The zero-order valence-corrected chi connectivity index (χ0v) is 11.8. The normalized spacial score (nSPS) is 48.7. The minimum atomic E-state index is -0.780. The highest BCUT2D eigenvalue weighted by Gasteiger charge is 2.50. The van der Waals surface area contributed by atoms with Crippen molar-refractivity contribution < 1.29 is 15.0 Å². The number of hydrogen-bond acceptors (Lipinski definition) is 4. The quantitative estimate of drug-likeness (QED) is 0.646. The highest BCUT2D eigenvalue weighted by molar-refractivity contribution is 5.82. The number of hydrogen-bond donors (Lipinski definition) is 2. The van der Waals surface area contributed by atoms with Crippen LogP contribution in [0.5, 0.6) is 0 Å². The lowest BCUT2D eigenvalue weighted by atomic mass is 9.70. The molecule has 1 amide bonds. The Kier molecular flexibility index (Phi) is 3.05. The molecule has 2 N–H and O–H groups in total. The Morgan fingerprint density at radius 3 is 2.60 bits per heavy atom. The molecule has 4 aliphatic rings. The lowest BCUT2D eigenvalue weighted by Crippen LogP contribution is -2.66. The van der Waals surface area contributed by atoms with Crippen molar-refractivity contribution in [3.05, 3.63) is 0 Å². The Morgan fingerprint density at radius 1 is 0.950 bits per heavy atom. The van der Waals surface area contributed by atoms with E-state index in [9.17, 15) is 15.0 Å². The van der Waals surface area contributed by atoms with Crippen LogP contribution in [0.3, 0.4) is 0 Å². The molecule has 0 aromatic heterocycles. The van der Waals surface area contributed by atoms with E-state index in [1.54, 1.807) is 0 Å². The molecule has 4 aliphatic heterocycles. The monoisotopic (exact) mass is 280 g/mol. The minimum absolute atomic E-state index is 0.0549. The number of fused-ring (bicyclic) bond motifs is 6. The van der Waals surface area contributed by atoms with Crippen molar-refractivity contribution in [3.8, 4) is 0 Å². The Bertz CT molecular complexity index is 416. The van der Waals surface area contributed by atoms with Crippen LogP contribution >= 0.6 is 0 Å². The van der Waals surface area contributed by atoms with Crippen molar-refractivity contribution in [2.45, 2.75) is 56.4 Å². The molecule has 5 nitrogen and oxygen atoms in total. The van der Waals surface area contributed by atoms with Crippen molar-refractivity contribution in [1.29, 1.82) is 0 Å². The molecule has 0 aromatic carbocycles. The molecule has 0 unspecified atom stereocenters. The van der Waals surface area contributed by atoms with Crippen LogP contribution in [0.4, 0.5) is 0 Å². The Labute approximate surface area is 119 Å². The Hall–Kier alpha value is -0.650. The van der Waals surface area contributed by atoms with E-state index in [-0.39, 0.29) is 12.0 Å². The fraction of sp³-hybridized carbons (Fsp3) is 0.933. The van der Waals surface area contributed by atoms with Gasteiger partial charge < -0.3 is 15.1 Å². The number of carbonyl (C=O) groups is 1. The molecule has 0 saturated carbocycles. The summed E-state index contributed by atoms with van der Waals surface area (Å²) in [4.78, 5) is 16.7. The van der Waals surface area contributed by atoms with Gasteiger partial charge in [-0.25, -0.2) is 0 Å². The standard InChI is InChI=1S/C15H24N2O3/c18-11-3-4-16-7-9-5-10(13(16)6-11)8-17-12(9)1-2-14(19)15(17)20/h9-14,18-19H,1-8H2/t9-,10-,11-,12-,13+,14-/m0/s1. The topological polar surface area (TPSA) is 64.0 Å². The van der Waals surface area contributed by atoms with Gasteiger partial charge in [-0.15, -0.1) is 0 Å². The maximum atomic E-state index is 12.2. The fourth-order valence-corrected chi connectivity index (χ4v) is 5.07. The van der Waals surface area contributed by atoms with Gasteiger partial charge in [-0.05, 0) is 43.9 Å². The summed E-state index contributed by atoms with van der Waals surface area (Å²) < 4.78 is 0. The molecule has 4 rings (SSSR count). The molecule has 0 spiro atoms. The summed E-state index contributed by atoms with van der Waals surface area (Å²) in [5, 5.41) is 19.7. The van der Waals surface area contributed by atoms with Crippen molar-refractivity contribution in [1.82, 2.24) is 9.80 Å². The summed E-state index contributed by atoms with van der Waals surface area (Å²) in [5.41, 5.74) is 0. The third-order valence-corrected chi connectivity index (χ3v) is 6.03. The number of piperidine rings is 4. The maximum Gasteiger partial charge on any atom is 0.251 e. The Balaban J connectivity index is 1.58. The van der Waals surface area contributed by atoms with E-state index < -0.39 is 6.10 Å². The van der Waals surface area contributed by atoms with Crippen molar-refractivity contribution in [3.63, 3.8) is 0 Å². The van der Waals surface area contributed by atoms with Crippen molar-refractivity contribution in [2.75, 3.05) is 19.6 Å². The van der Waals surface area contributed by atoms with Crippen molar-refractivity contribution in [2.24, 2.45) is 11.8 Å². The van der Waals surface area contributed by atoms with Gasteiger partial charge in [0.2, 0.25) is 0 Å². The SMILES string of the molecule is O=C1[C@@H](O)CC[C@H]2[C@H]3C[C@@H](CN12)[C@H]1C[C@@H](O)CCN1C3. The number of amides is 1. The van der Waals surface area contributed by atoms with Gasteiger partial charge in [0.05, 0.1) is 6.10 Å². The zero-order chi connectivity index (χ0) is 13.9. The average Bonchev–Trinajstić information content (AvgIpc) is 2.44. The van der Waals surface area contributed by atoms with Gasteiger partial charge in [0.1, 0.15) is 6.10 Å². The fourth-order valence-electron chi connectivity index (χ4n) is 5.07. The first-order valence-corrected chi connectivity index (χ1v) is 8.04. The van der Waals surface area contributed by atoms with Crippen LogP contribution in [0.15, 0.2) is 0 Å². The van der Waals surface area contributed by atoms with Gasteiger partial charge >= 0.3 is 0 Å². The lowest BCUT2D eigenvalue weighted by Gasteiger charge is -2.57. The number of aliphatic hydroxyl groups is 2. The van der Waals surface area contributed by atoms with Gasteiger partial charge in [0.25, 0.3) is 5.91 Å². The molecular weight excluding hydrogens is 256 g/mol. The third-order valence-electron chi connectivity index (χ3n) is 6.03. The molecule has 2 bridgehead atoms. The van der Waals surface area contributed by atoms with Crippen LogP contribution in [-0.4, -0.2) is 69.8 Å². The maximum absolute atomic E-state index is 12.2. The number of rotatable bonds is 0. The molecule has 4 fully saturated rings. The molecule has 4 saturated heterocycles. The van der Waals surface area contributed by atoms with Crippen molar-refractivity contribution >= 4 is 5.91 Å². The molecule has 20 heavy (non-hydrogen) atoms. The van der Waals surface area contributed by atoms with E-state index >= 15 is 0 Å². The van der Waals surface area contributed by atoms with Crippen LogP contribution in [0.1, 0.15) is 32.1 Å². The van der Waals surface area contributed by atoms with Gasteiger partial charge in [0.15, 0.2) is 0 Å². The summed E-state index contributed by atoms with van der Waals surface area (Å²) >= 11 is 0. The molecule has 0 aromatic rings. The molecule has 5 heteroatoms. The van der Waals surface area contributed by atoms with Crippen LogP contribution < -0.4 is 0 Å². The first-order chi connectivity index (χ1) is 9.63. The molecule has 4 heterocycles. The molecule has 0 radical (unpaired) electrons. The molecule has 0 aliphatic carbocycles. The average molecular weight is 280 g/mol.